The molecule has 0 saturated heterocycles. The quantitative estimate of drug-likeness (QED) is 0.618. The lowest BCUT2D eigenvalue weighted by Crippen LogP contribution is -2.29. The predicted molar refractivity (Wildman–Crippen MR) is 39.1 cm³/mol. The molecule has 1 aliphatic rings. The topological polar surface area (TPSA) is 54.4 Å². The Bertz CT molecular complexity index is 186. The van der Waals surface area contributed by atoms with Gasteiger partial charge in [-0.15, -0.1) is 0 Å². The molecule has 62 valence electrons. The minimum Gasteiger partial charge on any atom is -0.481 e. The minimum atomic E-state index is -0.828. The zero-order chi connectivity index (χ0) is 8.43. The molecule has 1 N–H and O–H groups in total. The molecule has 3 nitrogen and oxygen atoms in total. The maximum Gasteiger partial charge on any atom is 0.307 e. The molecule has 1 saturated carbocycles. The zero-order valence-corrected chi connectivity index (χ0v) is 6.54. The average molecular weight is 156 g/mol. The lowest BCUT2D eigenvalue weighted by atomic mass is 9.80. The van der Waals surface area contributed by atoms with Gasteiger partial charge in [-0.3, -0.25) is 9.59 Å². The van der Waals surface area contributed by atoms with E-state index in [0.29, 0.717) is 6.42 Å². The zero-order valence-electron chi connectivity index (χ0n) is 6.54. The lowest BCUT2D eigenvalue weighted by molar-refractivity contribution is -0.147. The fourth-order valence-corrected chi connectivity index (χ4v) is 1.47. The summed E-state index contributed by atoms with van der Waals surface area (Å²) in [6, 6.07) is 0. The van der Waals surface area contributed by atoms with Crippen LogP contribution in [0.4, 0.5) is 0 Å². The van der Waals surface area contributed by atoms with E-state index in [-0.39, 0.29) is 18.1 Å². The molecule has 0 bridgehead atoms. The summed E-state index contributed by atoms with van der Waals surface area (Å²) in [4.78, 5) is 21.4. The van der Waals surface area contributed by atoms with Crippen molar-refractivity contribution in [3.63, 3.8) is 0 Å². The maximum absolute atomic E-state index is 10.9. The Labute approximate surface area is 65.4 Å². The van der Waals surface area contributed by atoms with Gasteiger partial charge >= 0.3 is 5.97 Å². The Kier molecular flexibility index (Phi) is 2.27. The van der Waals surface area contributed by atoms with Gasteiger partial charge in [0.1, 0.15) is 5.78 Å². The second-order valence-corrected chi connectivity index (χ2v) is 3.20. The fourth-order valence-electron chi connectivity index (χ4n) is 1.47. The van der Waals surface area contributed by atoms with Crippen LogP contribution in [0.15, 0.2) is 0 Å². The van der Waals surface area contributed by atoms with Crippen LogP contribution in [0, 0.1) is 11.8 Å². The van der Waals surface area contributed by atoms with E-state index in [9.17, 15) is 9.59 Å². The number of hydrogen-bond donors (Lipinski definition) is 1. The third-order valence-corrected chi connectivity index (χ3v) is 2.33. The minimum absolute atomic E-state index is 0.0931. The van der Waals surface area contributed by atoms with Crippen LogP contribution >= 0.6 is 0 Å². The van der Waals surface area contributed by atoms with Gasteiger partial charge in [0, 0.05) is 12.8 Å². The highest BCUT2D eigenvalue weighted by atomic mass is 16.4. The van der Waals surface area contributed by atoms with E-state index in [1.165, 1.54) is 0 Å². The van der Waals surface area contributed by atoms with E-state index >= 15 is 0 Å². The van der Waals surface area contributed by atoms with Crippen molar-refractivity contribution in [1.82, 2.24) is 0 Å². The molecule has 0 aromatic rings. The van der Waals surface area contributed by atoms with Crippen molar-refractivity contribution in [3.05, 3.63) is 0 Å². The second kappa shape index (κ2) is 3.03. The van der Waals surface area contributed by atoms with Crippen molar-refractivity contribution in [3.8, 4) is 0 Å². The number of aliphatic carboxylic acids is 1. The Hall–Kier alpha value is -0.860. The van der Waals surface area contributed by atoms with Crippen molar-refractivity contribution in [2.75, 3.05) is 0 Å². The Morgan fingerprint density at radius 1 is 1.64 bits per heavy atom. The first-order chi connectivity index (χ1) is 5.11. The predicted octanol–water partition coefficient (Wildman–Crippen LogP) is 1.08. The van der Waals surface area contributed by atoms with Crippen LogP contribution in [-0.4, -0.2) is 16.9 Å². The summed E-state index contributed by atoms with van der Waals surface area (Å²) in [6.07, 6.45) is 1.53. The number of hydrogen-bond acceptors (Lipinski definition) is 2. The summed E-state index contributed by atoms with van der Waals surface area (Å²) < 4.78 is 0. The molecule has 0 heterocycles. The summed E-state index contributed by atoms with van der Waals surface area (Å²) >= 11 is 0. The van der Waals surface area contributed by atoms with Crippen LogP contribution in [0.25, 0.3) is 0 Å². The summed E-state index contributed by atoms with van der Waals surface area (Å²) in [5.74, 6) is -1.01. The summed E-state index contributed by atoms with van der Waals surface area (Å²) in [5.41, 5.74) is 0. The van der Waals surface area contributed by atoms with Gasteiger partial charge in [0.25, 0.3) is 0 Å². The van der Waals surface area contributed by atoms with Gasteiger partial charge in [0.15, 0.2) is 0 Å². The molecule has 1 aliphatic carbocycles. The molecule has 11 heavy (non-hydrogen) atoms. The molecule has 1 fully saturated rings. The van der Waals surface area contributed by atoms with Crippen LogP contribution in [-0.2, 0) is 9.59 Å². The molecule has 1 rings (SSSR count). The molecule has 0 spiro atoms. The van der Waals surface area contributed by atoms with E-state index in [1.54, 1.807) is 0 Å². The smallest absolute Gasteiger partial charge is 0.307 e. The molecule has 0 amide bonds. The monoisotopic (exact) mass is 156 g/mol. The number of carbonyl (C=O) groups is 2. The lowest BCUT2D eigenvalue weighted by Gasteiger charge is -2.23. The third kappa shape index (κ3) is 1.79. The highest BCUT2D eigenvalue weighted by Gasteiger charge is 2.31. The van der Waals surface area contributed by atoms with Crippen molar-refractivity contribution in [2.45, 2.75) is 26.2 Å². The van der Waals surface area contributed by atoms with Crippen molar-refractivity contribution in [1.29, 1.82) is 0 Å². The van der Waals surface area contributed by atoms with Gasteiger partial charge in [-0.1, -0.05) is 6.92 Å². The van der Waals surface area contributed by atoms with Gasteiger partial charge in [-0.2, -0.15) is 0 Å². The van der Waals surface area contributed by atoms with Crippen LogP contribution in [0.1, 0.15) is 26.2 Å². The van der Waals surface area contributed by atoms with Gasteiger partial charge in [-0.25, -0.2) is 0 Å². The number of carbonyl (C=O) groups excluding carboxylic acids is 1. The van der Waals surface area contributed by atoms with E-state index in [0.717, 1.165) is 6.42 Å². The molecular formula is C8H12O3. The van der Waals surface area contributed by atoms with E-state index in [2.05, 4.69) is 0 Å². The fraction of sp³-hybridized carbons (Fsp3) is 0.750. The largest absolute Gasteiger partial charge is 0.481 e. The molecular weight excluding hydrogens is 144 g/mol. The first kappa shape index (κ1) is 8.24. The van der Waals surface area contributed by atoms with Crippen molar-refractivity contribution < 1.29 is 14.7 Å². The summed E-state index contributed by atoms with van der Waals surface area (Å²) in [6.45, 7) is 1.89. The normalized spacial score (nSPS) is 31.9. The van der Waals surface area contributed by atoms with Gasteiger partial charge in [-0.05, 0) is 12.3 Å². The first-order valence-corrected chi connectivity index (χ1v) is 3.85. The van der Waals surface area contributed by atoms with E-state index in [4.69, 9.17) is 5.11 Å². The number of Topliss-reactive ketones (excluding diaryl/α,β-unsaturated/α-hetero) is 1. The number of carboxylic acids is 1. The molecule has 3 heteroatoms. The molecule has 0 aromatic heterocycles. The Balaban J connectivity index is 2.61. The van der Waals surface area contributed by atoms with Crippen LogP contribution in [0.2, 0.25) is 0 Å². The SMILES string of the molecule is C[C@@H]1CCC(=O)C[C@H]1C(=O)O. The van der Waals surface area contributed by atoms with E-state index < -0.39 is 11.9 Å². The first-order valence-electron chi connectivity index (χ1n) is 3.85. The van der Waals surface area contributed by atoms with Gasteiger partial charge < -0.3 is 5.11 Å². The van der Waals surface area contributed by atoms with Crippen molar-refractivity contribution >= 4 is 11.8 Å². The Morgan fingerprint density at radius 2 is 2.27 bits per heavy atom. The van der Waals surface area contributed by atoms with E-state index in [1.807, 2.05) is 6.92 Å². The van der Waals surface area contributed by atoms with Crippen molar-refractivity contribution in [2.24, 2.45) is 11.8 Å². The molecule has 0 unspecified atom stereocenters. The van der Waals surface area contributed by atoms with Gasteiger partial charge in [0.2, 0.25) is 0 Å². The van der Waals surface area contributed by atoms with Crippen LogP contribution in [0.5, 0.6) is 0 Å². The molecule has 0 radical (unpaired) electrons. The van der Waals surface area contributed by atoms with Crippen LogP contribution < -0.4 is 0 Å². The van der Waals surface area contributed by atoms with Gasteiger partial charge in [0.05, 0.1) is 5.92 Å². The summed E-state index contributed by atoms with van der Waals surface area (Å²) in [5, 5.41) is 8.67. The molecule has 0 aliphatic heterocycles. The summed E-state index contributed by atoms with van der Waals surface area (Å²) in [7, 11) is 0. The highest BCUT2D eigenvalue weighted by molar-refractivity contribution is 5.85. The standard InChI is InChI=1S/C8H12O3/c1-5-2-3-6(9)4-7(5)8(10)11/h5,7H,2-4H2,1H3,(H,10,11)/t5-,7-/m1/s1. The Morgan fingerprint density at radius 3 is 2.73 bits per heavy atom. The number of ketones is 1. The highest BCUT2D eigenvalue weighted by Crippen LogP contribution is 2.27. The third-order valence-electron chi connectivity index (χ3n) is 2.33. The van der Waals surface area contributed by atoms with Crippen LogP contribution in [0.3, 0.4) is 0 Å². The number of rotatable bonds is 1. The number of carboxylic acid groups (broad SMARTS) is 1. The molecule has 2 atom stereocenters. The maximum atomic E-state index is 10.9. The molecule has 0 aromatic carbocycles. The second-order valence-electron chi connectivity index (χ2n) is 3.20. The average Bonchev–Trinajstić information content (AvgIpc) is 1.94.